The maximum absolute atomic E-state index is 10.6. The Bertz CT molecular complexity index is 177. The zero-order valence-electron chi connectivity index (χ0n) is 9.14. The van der Waals surface area contributed by atoms with Crippen LogP contribution in [0.25, 0.3) is 0 Å². The molecule has 0 saturated carbocycles. The van der Waals surface area contributed by atoms with Crippen LogP contribution in [0.15, 0.2) is 0 Å². The Hall–Kier alpha value is 2.13. The third-order valence-electron chi connectivity index (χ3n) is 2.12. The lowest BCUT2D eigenvalue weighted by Gasteiger charge is -2.24. The molecule has 3 unspecified atom stereocenters. The van der Waals surface area contributed by atoms with Crippen molar-refractivity contribution in [2.45, 2.75) is 16.1 Å². The molecule has 1 nitrogen and oxygen atoms in total. The Kier molecular flexibility index (Phi) is 11.2. The third-order valence-corrected chi connectivity index (χ3v) is 8.64. The van der Waals surface area contributed by atoms with Gasteiger partial charge < -0.3 is 0 Å². The highest BCUT2D eigenvalue weighted by atomic mass is 35.5. The van der Waals surface area contributed by atoms with Crippen LogP contribution in [0.1, 0.15) is 0 Å². The number of hydrogen-bond acceptors (Lipinski definition) is 1. The second-order valence-electron chi connectivity index (χ2n) is 3.90. The lowest BCUT2D eigenvalue weighted by Crippen LogP contribution is -2.25. The van der Waals surface area contributed by atoms with Gasteiger partial charge in [0.25, 0.3) is 0 Å². The lowest BCUT2D eigenvalue weighted by molar-refractivity contribution is 0.591. The van der Waals surface area contributed by atoms with E-state index in [1.807, 2.05) is 0 Å². The number of alkyl halides is 6. The number of hydrogen-bond donors (Lipinski definition) is 1. The van der Waals surface area contributed by atoms with E-state index in [1.54, 1.807) is 0 Å². The molecule has 0 aliphatic heterocycles. The van der Waals surface area contributed by atoms with Crippen LogP contribution < -0.4 is 0 Å². The van der Waals surface area contributed by atoms with E-state index in [0.717, 1.165) is 0 Å². The van der Waals surface area contributed by atoms with Crippen LogP contribution in [0.2, 0.25) is 0 Å². The van der Waals surface area contributed by atoms with Crippen LogP contribution in [0.5, 0.6) is 0 Å². The standard InChI is InChI=1S/C9H16Cl6OP/c10-1-7(13)4-17(16,5-8(14)2-11)6-9(15)3-12/h7-9,16H,1-6H2/q+1. The van der Waals surface area contributed by atoms with Gasteiger partial charge in [-0.05, 0) is 0 Å². The second-order valence-corrected chi connectivity index (χ2v) is 9.96. The van der Waals surface area contributed by atoms with Gasteiger partial charge in [-0.2, -0.15) is 0 Å². The minimum Gasteiger partial charge on any atom is -0.252 e. The first-order valence-corrected chi connectivity index (χ1v) is 10.3. The Morgan fingerprint density at radius 2 is 0.941 bits per heavy atom. The molecule has 0 aliphatic rings. The summed E-state index contributed by atoms with van der Waals surface area (Å²) < 4.78 is 0. The van der Waals surface area contributed by atoms with Crippen molar-refractivity contribution in [2.24, 2.45) is 0 Å². The first-order valence-electron chi connectivity index (χ1n) is 5.05. The molecule has 0 radical (unpaired) electrons. The van der Waals surface area contributed by atoms with Crippen molar-refractivity contribution in [2.75, 3.05) is 36.1 Å². The molecule has 1 N–H and O–H groups in total. The maximum Gasteiger partial charge on any atom is 0.146 e. The Morgan fingerprint density at radius 1 is 0.706 bits per heavy atom. The predicted octanol–water partition coefficient (Wildman–Crippen LogP) is 4.45. The van der Waals surface area contributed by atoms with E-state index in [9.17, 15) is 4.89 Å². The summed E-state index contributed by atoms with van der Waals surface area (Å²) >= 11 is 34.9. The molecule has 0 saturated heterocycles. The molecule has 0 aliphatic carbocycles. The molecule has 17 heavy (non-hydrogen) atoms. The molecule has 0 rings (SSSR count). The highest BCUT2D eigenvalue weighted by Gasteiger charge is 2.41. The summed E-state index contributed by atoms with van der Waals surface area (Å²) in [5.41, 5.74) is 0. The van der Waals surface area contributed by atoms with E-state index in [-0.39, 0.29) is 33.8 Å². The van der Waals surface area contributed by atoms with Gasteiger partial charge in [0.1, 0.15) is 26.0 Å². The van der Waals surface area contributed by atoms with Crippen LogP contribution in [0.4, 0.5) is 0 Å². The minimum atomic E-state index is -2.34. The quantitative estimate of drug-likeness (QED) is 0.460. The topological polar surface area (TPSA) is 20.2 Å². The predicted molar refractivity (Wildman–Crippen MR) is 84.8 cm³/mol. The number of halogens is 6. The summed E-state index contributed by atoms with van der Waals surface area (Å²) in [6, 6.07) is 0. The summed E-state index contributed by atoms with van der Waals surface area (Å²) in [6.45, 7) is 0. The van der Waals surface area contributed by atoms with Gasteiger partial charge >= 0.3 is 0 Å². The highest BCUT2D eigenvalue weighted by Crippen LogP contribution is 2.57. The molecular formula is C9H16Cl6OP+. The van der Waals surface area contributed by atoms with Gasteiger partial charge in [-0.25, -0.2) is 0 Å². The fraction of sp³-hybridized carbons (Fsp3) is 1.00. The third kappa shape index (κ3) is 8.82. The molecule has 104 valence electrons. The van der Waals surface area contributed by atoms with Crippen LogP contribution in [0.3, 0.4) is 0 Å². The molecule has 0 spiro atoms. The molecule has 0 amide bonds. The average Bonchev–Trinajstić information content (AvgIpc) is 2.27. The van der Waals surface area contributed by atoms with E-state index in [2.05, 4.69) is 0 Å². The molecule has 0 fully saturated rings. The van der Waals surface area contributed by atoms with E-state index in [4.69, 9.17) is 69.6 Å². The maximum atomic E-state index is 10.6. The SMILES string of the molecule is O[P+](CC(Cl)CCl)(CC(Cl)CCl)CC(Cl)CCl. The fourth-order valence-electron chi connectivity index (χ4n) is 1.48. The first-order chi connectivity index (χ1) is 7.86. The number of rotatable bonds is 9. The van der Waals surface area contributed by atoms with Crippen LogP contribution in [-0.2, 0) is 0 Å². The van der Waals surface area contributed by atoms with Crippen molar-refractivity contribution in [1.82, 2.24) is 0 Å². The van der Waals surface area contributed by atoms with Crippen molar-refractivity contribution in [1.29, 1.82) is 0 Å². The smallest absolute Gasteiger partial charge is 0.146 e. The van der Waals surface area contributed by atoms with Crippen molar-refractivity contribution >= 4 is 77.1 Å². The zero-order chi connectivity index (χ0) is 13.5. The van der Waals surface area contributed by atoms with E-state index in [1.165, 1.54) is 0 Å². The summed E-state index contributed by atoms with van der Waals surface area (Å²) in [5.74, 6) is 0.850. The molecule has 0 aromatic rings. The van der Waals surface area contributed by atoms with Crippen molar-refractivity contribution < 1.29 is 4.89 Å². The van der Waals surface area contributed by atoms with Crippen LogP contribution in [0, 0.1) is 0 Å². The zero-order valence-corrected chi connectivity index (χ0v) is 14.6. The van der Waals surface area contributed by atoms with Crippen LogP contribution >= 0.6 is 77.1 Å². The average molecular weight is 384 g/mol. The Morgan fingerprint density at radius 3 is 1.12 bits per heavy atom. The summed E-state index contributed by atoms with van der Waals surface area (Å²) in [7, 11) is -2.34. The summed E-state index contributed by atoms with van der Waals surface area (Å²) in [5, 5.41) is -0.852. The van der Waals surface area contributed by atoms with E-state index >= 15 is 0 Å². The van der Waals surface area contributed by atoms with E-state index in [0.29, 0.717) is 18.5 Å². The summed E-state index contributed by atoms with van der Waals surface area (Å²) in [4.78, 5) is 10.6. The van der Waals surface area contributed by atoms with Gasteiger partial charge in [0.15, 0.2) is 0 Å². The molecule has 8 heteroatoms. The van der Waals surface area contributed by atoms with E-state index < -0.39 is 7.49 Å². The monoisotopic (exact) mass is 381 g/mol. The normalized spacial score (nSPS) is 20.6. The molecule has 0 bridgehead atoms. The summed E-state index contributed by atoms with van der Waals surface area (Å²) in [6.07, 6.45) is 1.29. The van der Waals surface area contributed by atoms with Gasteiger partial charge in [0, 0.05) is 17.6 Å². The molecule has 0 heterocycles. The molecule has 3 atom stereocenters. The van der Waals surface area contributed by atoms with Gasteiger partial charge in [-0.3, -0.25) is 4.89 Å². The molecular weight excluding hydrogens is 368 g/mol. The van der Waals surface area contributed by atoms with Gasteiger partial charge in [0.2, 0.25) is 0 Å². The Balaban J connectivity index is 4.55. The van der Waals surface area contributed by atoms with Crippen LogP contribution in [-0.4, -0.2) is 57.2 Å². The van der Waals surface area contributed by atoms with Gasteiger partial charge in [-0.1, -0.05) is 0 Å². The Labute approximate surface area is 133 Å². The second kappa shape index (κ2) is 9.94. The minimum absolute atomic E-state index is 0.283. The molecule has 0 aromatic heterocycles. The lowest BCUT2D eigenvalue weighted by atomic mass is 10.5. The first kappa shape index (κ1) is 19.1. The largest absolute Gasteiger partial charge is 0.252 e. The van der Waals surface area contributed by atoms with Crippen molar-refractivity contribution in [3.05, 3.63) is 0 Å². The van der Waals surface area contributed by atoms with Crippen molar-refractivity contribution in [3.8, 4) is 0 Å². The highest BCUT2D eigenvalue weighted by molar-refractivity contribution is 7.70. The van der Waals surface area contributed by atoms with Gasteiger partial charge in [-0.15, -0.1) is 69.6 Å². The molecule has 0 aromatic carbocycles. The fourth-order valence-corrected chi connectivity index (χ4v) is 7.62. The van der Waals surface area contributed by atoms with Crippen molar-refractivity contribution in [3.63, 3.8) is 0 Å². The van der Waals surface area contributed by atoms with Gasteiger partial charge in [0.05, 0.1) is 16.1 Å².